The van der Waals surface area contributed by atoms with E-state index in [-0.39, 0.29) is 18.4 Å². The van der Waals surface area contributed by atoms with Crippen LogP contribution in [0.5, 0.6) is 5.75 Å². The molecule has 0 aromatic heterocycles. The summed E-state index contributed by atoms with van der Waals surface area (Å²) in [5.41, 5.74) is 5.92. The van der Waals surface area contributed by atoms with Gasteiger partial charge in [0.25, 0.3) is 0 Å². The third-order valence-corrected chi connectivity index (χ3v) is 3.27. The molecule has 1 aliphatic heterocycles. The molecule has 0 aliphatic carbocycles. The maximum atomic E-state index is 11.6. The number of hydrogen-bond donors (Lipinski definition) is 2. The van der Waals surface area contributed by atoms with E-state index < -0.39 is 0 Å². The lowest BCUT2D eigenvalue weighted by molar-refractivity contribution is -0.116. The van der Waals surface area contributed by atoms with Crippen LogP contribution in [0.4, 0.5) is 5.69 Å². The zero-order chi connectivity index (χ0) is 14.4. The predicted octanol–water partition coefficient (Wildman–Crippen LogP) is 2.19. The lowest BCUT2D eigenvalue weighted by atomic mass is 10.2. The number of halogens is 1. The summed E-state index contributed by atoms with van der Waals surface area (Å²) in [6, 6.07) is 5.14. The average Bonchev–Trinajstić information content (AvgIpc) is 2.91. The van der Waals surface area contributed by atoms with Crippen LogP contribution in [0.15, 0.2) is 18.2 Å². The second-order valence-electron chi connectivity index (χ2n) is 4.67. The van der Waals surface area contributed by atoms with Gasteiger partial charge in [0.1, 0.15) is 12.4 Å². The molecule has 1 unspecified atom stereocenters. The molecule has 1 atom stereocenters. The fourth-order valence-electron chi connectivity index (χ4n) is 2.03. The first-order valence-electron chi connectivity index (χ1n) is 6.73. The summed E-state index contributed by atoms with van der Waals surface area (Å²) < 4.78 is 11.2. The van der Waals surface area contributed by atoms with Crippen molar-refractivity contribution in [2.75, 3.05) is 25.1 Å². The monoisotopic (exact) mass is 298 g/mol. The van der Waals surface area contributed by atoms with Gasteiger partial charge in [-0.05, 0) is 31.0 Å². The smallest absolute Gasteiger partial charge is 0.225 e. The van der Waals surface area contributed by atoms with Crippen LogP contribution in [-0.2, 0) is 9.53 Å². The number of rotatable bonds is 6. The Labute approximate surface area is 123 Å². The van der Waals surface area contributed by atoms with E-state index in [0.717, 1.165) is 19.4 Å². The van der Waals surface area contributed by atoms with Crippen LogP contribution in [-0.4, -0.2) is 31.8 Å². The first-order chi connectivity index (χ1) is 9.69. The number of anilines is 1. The van der Waals surface area contributed by atoms with Gasteiger partial charge in [-0.25, -0.2) is 0 Å². The van der Waals surface area contributed by atoms with Crippen molar-refractivity contribution >= 4 is 23.2 Å². The molecule has 6 heteroatoms. The molecule has 0 radical (unpaired) electrons. The van der Waals surface area contributed by atoms with Crippen molar-refractivity contribution in [3.05, 3.63) is 23.2 Å². The molecule has 1 aromatic rings. The minimum atomic E-state index is -0.156. The summed E-state index contributed by atoms with van der Waals surface area (Å²) >= 11 is 5.95. The summed E-state index contributed by atoms with van der Waals surface area (Å²) in [4.78, 5) is 11.6. The second kappa shape index (κ2) is 7.47. The lowest BCUT2D eigenvalue weighted by Gasteiger charge is -2.15. The standard InChI is InChI=1S/C14H19ClN2O3/c15-10-3-4-13(20-9-11-2-1-7-19-11)12(8-10)17-14(18)5-6-16/h3-4,8,11H,1-2,5-7,9,16H2,(H,17,18). The third-order valence-electron chi connectivity index (χ3n) is 3.04. The SMILES string of the molecule is NCCC(=O)Nc1cc(Cl)ccc1OCC1CCCO1. The van der Waals surface area contributed by atoms with E-state index in [9.17, 15) is 4.79 Å². The van der Waals surface area contributed by atoms with E-state index in [1.165, 1.54) is 0 Å². The zero-order valence-electron chi connectivity index (χ0n) is 11.2. The molecule has 0 saturated carbocycles. The number of nitrogens with one attached hydrogen (secondary N) is 1. The minimum absolute atomic E-state index is 0.123. The molecule has 1 saturated heterocycles. The first kappa shape index (κ1) is 15.1. The maximum absolute atomic E-state index is 11.6. The maximum Gasteiger partial charge on any atom is 0.225 e. The van der Waals surface area contributed by atoms with Gasteiger partial charge in [-0.3, -0.25) is 4.79 Å². The Morgan fingerprint density at radius 1 is 1.55 bits per heavy atom. The topological polar surface area (TPSA) is 73.6 Å². The van der Waals surface area contributed by atoms with E-state index in [0.29, 0.717) is 29.6 Å². The summed E-state index contributed by atoms with van der Waals surface area (Å²) in [6.07, 6.45) is 2.45. The molecular weight excluding hydrogens is 280 g/mol. The van der Waals surface area contributed by atoms with E-state index >= 15 is 0 Å². The van der Waals surface area contributed by atoms with Crippen LogP contribution in [0.25, 0.3) is 0 Å². The summed E-state index contributed by atoms with van der Waals surface area (Å²) in [7, 11) is 0. The van der Waals surface area contributed by atoms with Gasteiger partial charge in [-0.15, -0.1) is 0 Å². The van der Waals surface area contributed by atoms with Crippen molar-refractivity contribution in [1.82, 2.24) is 0 Å². The molecule has 3 N–H and O–H groups in total. The number of amides is 1. The molecule has 110 valence electrons. The molecule has 20 heavy (non-hydrogen) atoms. The molecule has 1 heterocycles. The molecule has 1 fully saturated rings. The van der Waals surface area contributed by atoms with Crippen LogP contribution in [0, 0.1) is 0 Å². The predicted molar refractivity (Wildman–Crippen MR) is 78.2 cm³/mol. The van der Waals surface area contributed by atoms with Crippen molar-refractivity contribution in [3.63, 3.8) is 0 Å². The van der Waals surface area contributed by atoms with Gasteiger partial charge in [0, 0.05) is 24.6 Å². The minimum Gasteiger partial charge on any atom is -0.489 e. The quantitative estimate of drug-likeness (QED) is 0.844. The number of carbonyl (C=O) groups excluding carboxylic acids is 1. The number of ether oxygens (including phenoxy) is 2. The molecule has 5 nitrogen and oxygen atoms in total. The van der Waals surface area contributed by atoms with Gasteiger partial charge in [0.2, 0.25) is 5.91 Å². The van der Waals surface area contributed by atoms with Crippen molar-refractivity contribution in [2.24, 2.45) is 5.73 Å². The Kier molecular flexibility index (Phi) is 5.64. The van der Waals surface area contributed by atoms with Crippen LogP contribution >= 0.6 is 11.6 Å². The van der Waals surface area contributed by atoms with Crippen LogP contribution in [0.3, 0.4) is 0 Å². The van der Waals surface area contributed by atoms with Gasteiger partial charge < -0.3 is 20.5 Å². The highest BCUT2D eigenvalue weighted by molar-refractivity contribution is 6.31. The lowest BCUT2D eigenvalue weighted by Crippen LogP contribution is -2.19. The van der Waals surface area contributed by atoms with Crippen LogP contribution in [0.2, 0.25) is 5.02 Å². The summed E-state index contributed by atoms with van der Waals surface area (Å²) in [5.74, 6) is 0.437. The van der Waals surface area contributed by atoms with Gasteiger partial charge in [-0.1, -0.05) is 11.6 Å². The van der Waals surface area contributed by atoms with Crippen molar-refractivity contribution in [1.29, 1.82) is 0 Å². The van der Waals surface area contributed by atoms with E-state index in [2.05, 4.69) is 5.32 Å². The Hall–Kier alpha value is -1.30. The molecule has 1 amide bonds. The first-order valence-corrected chi connectivity index (χ1v) is 7.10. The van der Waals surface area contributed by atoms with Gasteiger partial charge in [-0.2, -0.15) is 0 Å². The Balaban J connectivity index is 2.00. The normalized spacial score (nSPS) is 18.0. The molecule has 0 spiro atoms. The van der Waals surface area contributed by atoms with E-state index in [4.69, 9.17) is 26.8 Å². The van der Waals surface area contributed by atoms with E-state index in [1.54, 1.807) is 18.2 Å². The fourth-order valence-corrected chi connectivity index (χ4v) is 2.20. The Bertz CT molecular complexity index is 462. The van der Waals surface area contributed by atoms with E-state index in [1.807, 2.05) is 0 Å². The molecule has 0 bridgehead atoms. The van der Waals surface area contributed by atoms with Crippen molar-refractivity contribution in [3.8, 4) is 5.75 Å². The number of benzene rings is 1. The summed E-state index contributed by atoms with van der Waals surface area (Å²) in [5, 5.41) is 3.30. The van der Waals surface area contributed by atoms with Gasteiger partial charge >= 0.3 is 0 Å². The van der Waals surface area contributed by atoms with Crippen molar-refractivity contribution < 1.29 is 14.3 Å². The molecule has 1 aliphatic rings. The molecule has 1 aromatic carbocycles. The zero-order valence-corrected chi connectivity index (χ0v) is 12.0. The number of nitrogens with two attached hydrogens (primary N) is 1. The second-order valence-corrected chi connectivity index (χ2v) is 5.11. The summed E-state index contributed by atoms with van der Waals surface area (Å²) in [6.45, 7) is 1.56. The van der Waals surface area contributed by atoms with Gasteiger partial charge in [0.05, 0.1) is 11.8 Å². The highest BCUT2D eigenvalue weighted by Crippen LogP contribution is 2.29. The van der Waals surface area contributed by atoms with Crippen LogP contribution < -0.4 is 15.8 Å². The Morgan fingerprint density at radius 2 is 2.40 bits per heavy atom. The van der Waals surface area contributed by atoms with Gasteiger partial charge in [0.15, 0.2) is 0 Å². The largest absolute Gasteiger partial charge is 0.489 e. The van der Waals surface area contributed by atoms with Crippen molar-refractivity contribution in [2.45, 2.75) is 25.4 Å². The third kappa shape index (κ3) is 4.37. The highest BCUT2D eigenvalue weighted by atomic mass is 35.5. The number of hydrogen-bond acceptors (Lipinski definition) is 4. The Morgan fingerprint density at radius 3 is 3.10 bits per heavy atom. The fraction of sp³-hybridized carbons (Fsp3) is 0.500. The number of carbonyl (C=O) groups is 1. The average molecular weight is 299 g/mol. The van der Waals surface area contributed by atoms with Crippen LogP contribution in [0.1, 0.15) is 19.3 Å². The molecular formula is C14H19ClN2O3. The highest BCUT2D eigenvalue weighted by Gasteiger charge is 2.17. The molecule has 2 rings (SSSR count).